The average molecular weight is 324 g/mol. The van der Waals surface area contributed by atoms with E-state index in [-0.39, 0.29) is 12.2 Å². The number of carbonyl (C=O) groups excluding carboxylic acids is 1. The second kappa shape index (κ2) is 6.74. The average Bonchev–Trinajstić information content (AvgIpc) is 2.41. The highest BCUT2D eigenvalue weighted by molar-refractivity contribution is 7.89. The lowest BCUT2D eigenvalue weighted by atomic mass is 10.1. The number of carbonyl (C=O) groups is 1. The van der Waals surface area contributed by atoms with Crippen molar-refractivity contribution in [2.45, 2.75) is 12.2 Å². The van der Waals surface area contributed by atoms with Crippen molar-refractivity contribution in [2.24, 2.45) is 0 Å². The SMILES string of the molecule is O=C(Cc1ccccc1Cl)NS(=O)(=O)Cc1ccccc1. The molecule has 4 nitrogen and oxygen atoms in total. The molecule has 21 heavy (non-hydrogen) atoms. The highest BCUT2D eigenvalue weighted by Gasteiger charge is 2.16. The molecule has 1 amide bonds. The van der Waals surface area contributed by atoms with Crippen LogP contribution in [0.2, 0.25) is 5.02 Å². The van der Waals surface area contributed by atoms with Gasteiger partial charge in [0.1, 0.15) is 0 Å². The van der Waals surface area contributed by atoms with Gasteiger partial charge in [0.25, 0.3) is 0 Å². The van der Waals surface area contributed by atoms with Crippen molar-refractivity contribution >= 4 is 27.5 Å². The summed E-state index contributed by atoms with van der Waals surface area (Å²) in [4.78, 5) is 11.8. The Labute approximate surface area is 128 Å². The first-order valence-electron chi connectivity index (χ1n) is 6.27. The zero-order valence-corrected chi connectivity index (χ0v) is 12.7. The van der Waals surface area contributed by atoms with E-state index in [9.17, 15) is 13.2 Å². The van der Waals surface area contributed by atoms with E-state index in [1.54, 1.807) is 54.6 Å². The molecule has 0 saturated heterocycles. The molecular formula is C15H14ClNO3S. The summed E-state index contributed by atoms with van der Waals surface area (Å²) >= 11 is 5.94. The predicted molar refractivity (Wildman–Crippen MR) is 82.4 cm³/mol. The summed E-state index contributed by atoms with van der Waals surface area (Å²) in [6.07, 6.45) is -0.0757. The lowest BCUT2D eigenvalue weighted by Crippen LogP contribution is -2.32. The van der Waals surface area contributed by atoms with Gasteiger partial charge in [-0.25, -0.2) is 8.42 Å². The number of nitrogens with one attached hydrogen (secondary N) is 1. The van der Waals surface area contributed by atoms with Gasteiger partial charge in [-0.15, -0.1) is 0 Å². The monoisotopic (exact) mass is 323 g/mol. The lowest BCUT2D eigenvalue weighted by Gasteiger charge is -2.08. The van der Waals surface area contributed by atoms with E-state index in [2.05, 4.69) is 4.72 Å². The molecule has 110 valence electrons. The van der Waals surface area contributed by atoms with Crippen molar-refractivity contribution in [3.05, 3.63) is 70.7 Å². The van der Waals surface area contributed by atoms with Crippen LogP contribution in [0.1, 0.15) is 11.1 Å². The highest BCUT2D eigenvalue weighted by Crippen LogP contribution is 2.15. The molecule has 0 aliphatic rings. The van der Waals surface area contributed by atoms with E-state index >= 15 is 0 Å². The van der Waals surface area contributed by atoms with Crippen molar-refractivity contribution in [2.75, 3.05) is 0 Å². The minimum Gasteiger partial charge on any atom is -0.274 e. The van der Waals surface area contributed by atoms with E-state index in [1.165, 1.54) is 0 Å². The quantitative estimate of drug-likeness (QED) is 0.919. The smallest absolute Gasteiger partial charge is 0.239 e. The Bertz CT molecular complexity index is 730. The van der Waals surface area contributed by atoms with Crippen LogP contribution in [-0.2, 0) is 27.0 Å². The summed E-state index contributed by atoms with van der Waals surface area (Å²) in [6, 6.07) is 15.5. The molecule has 6 heteroatoms. The van der Waals surface area contributed by atoms with Crippen LogP contribution in [-0.4, -0.2) is 14.3 Å². The third-order valence-corrected chi connectivity index (χ3v) is 4.40. The number of benzene rings is 2. The van der Waals surface area contributed by atoms with E-state index in [1.807, 2.05) is 0 Å². The first-order valence-corrected chi connectivity index (χ1v) is 8.30. The zero-order chi connectivity index (χ0) is 15.3. The Morgan fingerprint density at radius 2 is 1.62 bits per heavy atom. The molecule has 0 unspecified atom stereocenters. The van der Waals surface area contributed by atoms with Crippen LogP contribution >= 0.6 is 11.6 Å². The van der Waals surface area contributed by atoms with Gasteiger partial charge in [-0.3, -0.25) is 9.52 Å². The van der Waals surface area contributed by atoms with Gasteiger partial charge in [0, 0.05) is 5.02 Å². The van der Waals surface area contributed by atoms with E-state index in [4.69, 9.17) is 11.6 Å². The fourth-order valence-corrected chi connectivity index (χ4v) is 3.18. The number of sulfonamides is 1. The minimum atomic E-state index is -3.71. The third-order valence-electron chi connectivity index (χ3n) is 2.78. The molecule has 2 aromatic carbocycles. The molecule has 2 aromatic rings. The Morgan fingerprint density at radius 3 is 2.29 bits per heavy atom. The summed E-state index contributed by atoms with van der Waals surface area (Å²) in [5.41, 5.74) is 1.21. The Morgan fingerprint density at radius 1 is 1.00 bits per heavy atom. The van der Waals surface area contributed by atoms with Gasteiger partial charge in [0.2, 0.25) is 15.9 Å². The lowest BCUT2D eigenvalue weighted by molar-refractivity contribution is -0.118. The molecule has 0 fully saturated rings. The van der Waals surface area contributed by atoms with E-state index < -0.39 is 15.9 Å². The zero-order valence-electron chi connectivity index (χ0n) is 11.1. The summed E-state index contributed by atoms with van der Waals surface area (Å²) in [7, 11) is -3.71. The minimum absolute atomic E-state index is 0.0757. The number of halogens is 1. The van der Waals surface area contributed by atoms with Crippen molar-refractivity contribution in [3.63, 3.8) is 0 Å². The van der Waals surface area contributed by atoms with Gasteiger partial charge >= 0.3 is 0 Å². The standard InChI is InChI=1S/C15H14ClNO3S/c16-14-9-5-4-8-13(14)10-15(18)17-21(19,20)11-12-6-2-1-3-7-12/h1-9H,10-11H2,(H,17,18). The maximum Gasteiger partial charge on any atom is 0.239 e. The number of hydrogen-bond donors (Lipinski definition) is 1. The molecule has 0 saturated carbocycles. The second-order valence-corrected chi connectivity index (χ2v) is 6.67. The Kier molecular flexibility index (Phi) is 4.98. The number of hydrogen-bond acceptors (Lipinski definition) is 3. The molecule has 0 bridgehead atoms. The van der Waals surface area contributed by atoms with Crippen molar-refractivity contribution in [1.82, 2.24) is 4.72 Å². The van der Waals surface area contributed by atoms with Crippen LogP contribution in [0.15, 0.2) is 54.6 Å². The summed E-state index contributed by atoms with van der Waals surface area (Å²) in [6.45, 7) is 0. The summed E-state index contributed by atoms with van der Waals surface area (Å²) in [5, 5.41) is 0.438. The van der Waals surface area contributed by atoms with E-state index in [0.29, 0.717) is 16.1 Å². The molecule has 0 aliphatic carbocycles. The fourth-order valence-electron chi connectivity index (χ4n) is 1.85. The van der Waals surface area contributed by atoms with Crippen molar-refractivity contribution in [1.29, 1.82) is 0 Å². The maximum atomic E-state index is 11.9. The van der Waals surface area contributed by atoms with Crippen LogP contribution in [0.5, 0.6) is 0 Å². The molecule has 0 aromatic heterocycles. The Balaban J connectivity index is 2.00. The van der Waals surface area contributed by atoms with Crippen molar-refractivity contribution in [3.8, 4) is 0 Å². The van der Waals surface area contributed by atoms with Gasteiger partial charge in [0.15, 0.2) is 0 Å². The van der Waals surface area contributed by atoms with Crippen molar-refractivity contribution < 1.29 is 13.2 Å². The number of rotatable bonds is 5. The summed E-state index contributed by atoms with van der Waals surface area (Å²) < 4.78 is 25.9. The molecule has 1 N–H and O–H groups in total. The number of amides is 1. The maximum absolute atomic E-state index is 11.9. The summed E-state index contributed by atoms with van der Waals surface area (Å²) in [5.74, 6) is -0.832. The largest absolute Gasteiger partial charge is 0.274 e. The molecular weight excluding hydrogens is 310 g/mol. The van der Waals surface area contributed by atoms with Crippen LogP contribution in [0.3, 0.4) is 0 Å². The molecule has 0 radical (unpaired) electrons. The molecule has 0 spiro atoms. The van der Waals surface area contributed by atoms with Crippen LogP contribution in [0, 0.1) is 0 Å². The fraction of sp³-hybridized carbons (Fsp3) is 0.133. The Hall–Kier alpha value is -1.85. The molecule has 0 aliphatic heterocycles. The predicted octanol–water partition coefficient (Wildman–Crippen LogP) is 2.53. The molecule has 0 atom stereocenters. The van der Waals surface area contributed by atoms with Gasteiger partial charge in [-0.1, -0.05) is 60.1 Å². The van der Waals surface area contributed by atoms with Crippen LogP contribution in [0.4, 0.5) is 0 Å². The van der Waals surface area contributed by atoms with Gasteiger partial charge in [0.05, 0.1) is 12.2 Å². The van der Waals surface area contributed by atoms with Crippen LogP contribution < -0.4 is 4.72 Å². The first kappa shape index (κ1) is 15.5. The van der Waals surface area contributed by atoms with Gasteiger partial charge < -0.3 is 0 Å². The normalized spacial score (nSPS) is 11.1. The van der Waals surface area contributed by atoms with Crippen LogP contribution in [0.25, 0.3) is 0 Å². The third kappa shape index (κ3) is 4.88. The van der Waals surface area contributed by atoms with E-state index in [0.717, 1.165) is 0 Å². The topological polar surface area (TPSA) is 63.2 Å². The van der Waals surface area contributed by atoms with Gasteiger partial charge in [-0.05, 0) is 17.2 Å². The molecule has 0 heterocycles. The first-order chi connectivity index (χ1) is 9.96. The van der Waals surface area contributed by atoms with Gasteiger partial charge in [-0.2, -0.15) is 0 Å². The highest BCUT2D eigenvalue weighted by atomic mass is 35.5. The second-order valence-electron chi connectivity index (χ2n) is 4.54. The molecule has 2 rings (SSSR count).